The van der Waals surface area contributed by atoms with E-state index in [1.165, 1.54) is 0 Å². The average Bonchev–Trinajstić information content (AvgIpc) is 3.25. The van der Waals surface area contributed by atoms with Crippen molar-refractivity contribution in [2.24, 2.45) is 17.1 Å². The van der Waals surface area contributed by atoms with Crippen LogP contribution in [0.15, 0.2) is 24.3 Å². The van der Waals surface area contributed by atoms with Crippen molar-refractivity contribution in [2.75, 3.05) is 19.7 Å². The fourth-order valence-corrected chi connectivity index (χ4v) is 3.41. The van der Waals surface area contributed by atoms with Gasteiger partial charge in [-0.3, -0.25) is 9.59 Å². The number of nitrogens with two attached hydrogens (primary N) is 1. The third-order valence-electron chi connectivity index (χ3n) is 4.85. The Kier molecular flexibility index (Phi) is 4.52. The van der Waals surface area contributed by atoms with Crippen LogP contribution in [-0.2, 0) is 16.1 Å². The summed E-state index contributed by atoms with van der Waals surface area (Å²) in [5.41, 5.74) is 6.26. The molecule has 1 spiro atoms. The van der Waals surface area contributed by atoms with Crippen molar-refractivity contribution < 1.29 is 14.3 Å². The van der Waals surface area contributed by atoms with Gasteiger partial charge < -0.3 is 21.1 Å². The van der Waals surface area contributed by atoms with Gasteiger partial charge in [0.2, 0.25) is 5.91 Å². The first-order chi connectivity index (χ1) is 11.1. The first kappa shape index (κ1) is 15.8. The molecule has 1 aromatic rings. The molecule has 4 N–H and O–H groups in total. The van der Waals surface area contributed by atoms with Gasteiger partial charge in [0.15, 0.2) is 6.61 Å². The maximum absolute atomic E-state index is 12.3. The lowest BCUT2D eigenvalue weighted by Crippen LogP contribution is -2.33. The Morgan fingerprint density at radius 2 is 2.13 bits per heavy atom. The molecule has 1 heterocycles. The summed E-state index contributed by atoms with van der Waals surface area (Å²) in [6.45, 7) is 2.36. The average molecular weight is 317 g/mol. The van der Waals surface area contributed by atoms with Crippen LogP contribution in [0.5, 0.6) is 5.75 Å². The van der Waals surface area contributed by atoms with Gasteiger partial charge in [0.05, 0.1) is 0 Å². The van der Waals surface area contributed by atoms with Gasteiger partial charge >= 0.3 is 0 Å². The molecular formula is C17H23N3O3. The predicted molar refractivity (Wildman–Crippen MR) is 85.6 cm³/mol. The van der Waals surface area contributed by atoms with Gasteiger partial charge in [-0.2, -0.15) is 0 Å². The second-order valence-corrected chi connectivity index (χ2v) is 6.49. The second-order valence-electron chi connectivity index (χ2n) is 6.49. The summed E-state index contributed by atoms with van der Waals surface area (Å²) in [4.78, 5) is 23.1. The quantitative estimate of drug-likeness (QED) is 0.714. The molecule has 2 aliphatic rings. The third kappa shape index (κ3) is 3.82. The summed E-state index contributed by atoms with van der Waals surface area (Å²) < 4.78 is 5.27. The molecule has 0 bridgehead atoms. The van der Waals surface area contributed by atoms with Crippen molar-refractivity contribution in [1.82, 2.24) is 10.6 Å². The van der Waals surface area contributed by atoms with E-state index in [0.717, 1.165) is 37.9 Å². The van der Waals surface area contributed by atoms with Crippen LogP contribution < -0.4 is 21.1 Å². The van der Waals surface area contributed by atoms with Crippen molar-refractivity contribution in [3.63, 3.8) is 0 Å². The highest BCUT2D eigenvalue weighted by molar-refractivity contribution is 5.82. The summed E-state index contributed by atoms with van der Waals surface area (Å²) in [6.07, 6.45) is 3.21. The van der Waals surface area contributed by atoms with Crippen LogP contribution >= 0.6 is 0 Å². The number of nitrogens with one attached hydrogen (secondary N) is 2. The Bertz CT molecular complexity index is 597. The van der Waals surface area contributed by atoms with Crippen LogP contribution in [-0.4, -0.2) is 31.5 Å². The number of amides is 2. The second kappa shape index (κ2) is 6.58. The van der Waals surface area contributed by atoms with Crippen molar-refractivity contribution in [1.29, 1.82) is 0 Å². The summed E-state index contributed by atoms with van der Waals surface area (Å²) in [5, 5.41) is 6.36. The number of rotatable bonds is 6. The van der Waals surface area contributed by atoms with E-state index in [1.54, 1.807) is 6.07 Å². The summed E-state index contributed by atoms with van der Waals surface area (Å²) in [5.74, 6) is 0.385. The van der Waals surface area contributed by atoms with E-state index >= 15 is 0 Å². The van der Waals surface area contributed by atoms with Crippen molar-refractivity contribution in [3.8, 4) is 5.75 Å². The summed E-state index contributed by atoms with van der Waals surface area (Å²) >= 11 is 0. The fraction of sp³-hybridized carbons (Fsp3) is 0.529. The Balaban J connectivity index is 1.49. The molecule has 3 rings (SSSR count). The topological polar surface area (TPSA) is 93.5 Å². The zero-order valence-electron chi connectivity index (χ0n) is 13.1. The number of hydrogen-bond donors (Lipinski definition) is 3. The minimum atomic E-state index is -0.510. The molecule has 1 saturated carbocycles. The highest BCUT2D eigenvalue weighted by Crippen LogP contribution is 2.58. The summed E-state index contributed by atoms with van der Waals surface area (Å²) in [7, 11) is 0. The number of ether oxygens (including phenoxy) is 1. The van der Waals surface area contributed by atoms with E-state index in [0.29, 0.717) is 12.3 Å². The van der Waals surface area contributed by atoms with Crippen molar-refractivity contribution in [2.45, 2.75) is 25.8 Å². The number of benzene rings is 1. The van der Waals surface area contributed by atoms with Crippen LogP contribution in [0, 0.1) is 11.3 Å². The van der Waals surface area contributed by atoms with E-state index in [4.69, 9.17) is 10.5 Å². The smallest absolute Gasteiger partial charge is 0.255 e. The molecule has 1 aliphatic carbocycles. The van der Waals surface area contributed by atoms with Crippen molar-refractivity contribution in [3.05, 3.63) is 29.8 Å². The molecular weight excluding hydrogens is 294 g/mol. The molecule has 0 radical (unpaired) electrons. The van der Waals surface area contributed by atoms with E-state index < -0.39 is 5.91 Å². The first-order valence-electron chi connectivity index (χ1n) is 8.08. The van der Waals surface area contributed by atoms with Crippen LogP contribution in [0.1, 0.15) is 24.8 Å². The van der Waals surface area contributed by atoms with Crippen LogP contribution in [0.2, 0.25) is 0 Å². The Labute approximate surface area is 135 Å². The number of carbonyl (C=O) groups is 2. The van der Waals surface area contributed by atoms with E-state index in [1.807, 2.05) is 18.2 Å². The minimum Gasteiger partial charge on any atom is -0.484 e. The van der Waals surface area contributed by atoms with Gasteiger partial charge in [0.1, 0.15) is 5.75 Å². The highest BCUT2D eigenvalue weighted by atomic mass is 16.5. The lowest BCUT2D eigenvalue weighted by atomic mass is 9.92. The predicted octanol–water partition coefficient (Wildman–Crippen LogP) is 0.557. The molecule has 0 aromatic heterocycles. The lowest BCUT2D eigenvalue weighted by molar-refractivity contribution is -0.123. The van der Waals surface area contributed by atoms with Crippen LogP contribution in [0.4, 0.5) is 0 Å². The van der Waals surface area contributed by atoms with E-state index in [-0.39, 0.29) is 23.8 Å². The van der Waals surface area contributed by atoms with Gasteiger partial charge in [0, 0.05) is 12.5 Å². The number of carbonyl (C=O) groups excluding carboxylic acids is 2. The number of primary amides is 1. The molecule has 23 heavy (non-hydrogen) atoms. The maximum atomic E-state index is 12.3. The zero-order valence-corrected chi connectivity index (χ0v) is 13.1. The van der Waals surface area contributed by atoms with Gasteiger partial charge in [-0.1, -0.05) is 12.1 Å². The Hall–Kier alpha value is -2.08. The zero-order chi connectivity index (χ0) is 16.3. The third-order valence-corrected chi connectivity index (χ3v) is 4.85. The Morgan fingerprint density at radius 3 is 2.87 bits per heavy atom. The fourth-order valence-electron chi connectivity index (χ4n) is 3.41. The van der Waals surface area contributed by atoms with E-state index in [2.05, 4.69) is 10.6 Å². The Morgan fingerprint density at radius 1 is 1.35 bits per heavy atom. The number of hydrogen-bond acceptors (Lipinski definition) is 4. The standard InChI is InChI=1S/C17H23N3O3/c18-15(21)11-23-13-3-1-2-12(8-13)10-20-16(22)14-9-17(14)4-6-19-7-5-17/h1-3,8,14,19H,4-7,9-11H2,(H2,18,21)(H,20,22). The van der Waals surface area contributed by atoms with Crippen LogP contribution in [0.3, 0.4) is 0 Å². The van der Waals surface area contributed by atoms with E-state index in [9.17, 15) is 9.59 Å². The van der Waals surface area contributed by atoms with Gasteiger partial charge in [-0.15, -0.1) is 0 Å². The molecule has 1 unspecified atom stereocenters. The molecule has 1 aromatic carbocycles. The molecule has 1 atom stereocenters. The monoisotopic (exact) mass is 317 g/mol. The lowest BCUT2D eigenvalue weighted by Gasteiger charge is -2.23. The maximum Gasteiger partial charge on any atom is 0.255 e. The molecule has 2 fully saturated rings. The normalized spacial score (nSPS) is 21.7. The molecule has 2 amide bonds. The first-order valence-corrected chi connectivity index (χ1v) is 8.08. The molecule has 1 aliphatic heterocycles. The highest BCUT2D eigenvalue weighted by Gasteiger charge is 2.57. The molecule has 1 saturated heterocycles. The van der Waals surface area contributed by atoms with Gasteiger partial charge in [-0.25, -0.2) is 0 Å². The SMILES string of the molecule is NC(=O)COc1cccc(CNC(=O)C2CC23CCNCC3)c1. The minimum absolute atomic E-state index is 0.144. The molecule has 6 heteroatoms. The largest absolute Gasteiger partial charge is 0.484 e. The summed E-state index contributed by atoms with van der Waals surface area (Å²) in [6, 6.07) is 7.34. The number of piperidine rings is 1. The molecule has 124 valence electrons. The van der Waals surface area contributed by atoms with Crippen molar-refractivity contribution >= 4 is 11.8 Å². The van der Waals surface area contributed by atoms with Gasteiger partial charge in [0.25, 0.3) is 5.91 Å². The van der Waals surface area contributed by atoms with Gasteiger partial charge in [-0.05, 0) is 55.5 Å². The van der Waals surface area contributed by atoms with Crippen LogP contribution in [0.25, 0.3) is 0 Å². The molecule has 6 nitrogen and oxygen atoms in total.